The molecule has 0 aliphatic heterocycles. The number of rotatable bonds is 8. The molecule has 5 rings (SSSR count). The zero-order valence-corrected chi connectivity index (χ0v) is 21.8. The molecule has 0 saturated heterocycles. The Hall–Kier alpha value is -5.46. The fourth-order valence-electron chi connectivity index (χ4n) is 3.71. The first-order valence-electron chi connectivity index (χ1n) is 12.1. The van der Waals surface area contributed by atoms with Gasteiger partial charge in [-0.1, -0.05) is 6.07 Å². The third-order valence-corrected chi connectivity index (χ3v) is 5.64. The van der Waals surface area contributed by atoms with Crippen molar-refractivity contribution in [3.8, 4) is 22.6 Å². The summed E-state index contributed by atoms with van der Waals surface area (Å²) in [6, 6.07) is 10.0. The SMILES string of the molecule is C/N=C\c1nc(Nc2cc(C)nc(-c3ccc(C(=O)NCc4ccc(-c5cc(F)cnc5C)nc4)nc3)n2)no1. The number of anilines is 2. The van der Waals surface area contributed by atoms with Crippen molar-refractivity contribution < 1.29 is 13.7 Å². The number of hydrogen-bond donors (Lipinski definition) is 2. The van der Waals surface area contributed by atoms with Crippen LogP contribution in [-0.4, -0.2) is 54.2 Å². The molecule has 0 atom stereocenters. The zero-order chi connectivity index (χ0) is 28.1. The average Bonchev–Trinajstić information content (AvgIpc) is 3.40. The molecule has 0 unspecified atom stereocenters. The van der Waals surface area contributed by atoms with Crippen LogP contribution >= 0.6 is 0 Å². The standard InChI is InChI=1S/C27H23FN10O2/c1-15-8-23(36-27-37-24(14-29-3)40-38-27)35-25(34-15)18-5-7-22(32-12-18)26(39)33-11-17-4-6-21(31-10-17)20-9-19(28)13-30-16(20)2/h4-10,12-14H,11H2,1-3H3,(H,33,39)(H,34,35,36,38)/b29-14-. The lowest BCUT2D eigenvalue weighted by Crippen LogP contribution is -2.23. The molecule has 40 heavy (non-hydrogen) atoms. The first kappa shape index (κ1) is 26.2. The number of nitrogens with one attached hydrogen (secondary N) is 2. The topological polar surface area (TPSA) is 157 Å². The molecule has 0 fully saturated rings. The van der Waals surface area contributed by atoms with Gasteiger partial charge in [-0.2, -0.15) is 4.98 Å². The Labute approximate surface area is 227 Å². The predicted octanol–water partition coefficient (Wildman–Crippen LogP) is 3.86. The molecule has 5 heterocycles. The highest BCUT2D eigenvalue weighted by molar-refractivity contribution is 5.92. The maximum absolute atomic E-state index is 13.6. The summed E-state index contributed by atoms with van der Waals surface area (Å²) in [7, 11) is 1.60. The van der Waals surface area contributed by atoms with Crippen molar-refractivity contribution in [1.29, 1.82) is 0 Å². The fourth-order valence-corrected chi connectivity index (χ4v) is 3.71. The molecular formula is C27H23FN10O2. The monoisotopic (exact) mass is 538 g/mol. The molecule has 0 saturated carbocycles. The van der Waals surface area contributed by atoms with Crippen LogP contribution in [-0.2, 0) is 6.54 Å². The van der Waals surface area contributed by atoms with Crippen LogP contribution in [0.2, 0.25) is 0 Å². The summed E-state index contributed by atoms with van der Waals surface area (Å²) in [5.74, 6) is 0.596. The van der Waals surface area contributed by atoms with E-state index in [0.717, 1.165) is 5.56 Å². The summed E-state index contributed by atoms with van der Waals surface area (Å²) >= 11 is 0. The Morgan fingerprint density at radius 2 is 1.90 bits per heavy atom. The van der Waals surface area contributed by atoms with Gasteiger partial charge >= 0.3 is 0 Å². The number of amides is 1. The van der Waals surface area contributed by atoms with Gasteiger partial charge in [0, 0.05) is 54.6 Å². The molecule has 0 radical (unpaired) electrons. The minimum atomic E-state index is -0.427. The lowest BCUT2D eigenvalue weighted by molar-refractivity contribution is 0.0946. The highest BCUT2D eigenvalue weighted by Gasteiger charge is 2.12. The van der Waals surface area contributed by atoms with Gasteiger partial charge in [0.1, 0.15) is 17.3 Å². The Morgan fingerprint density at radius 1 is 1.02 bits per heavy atom. The molecule has 5 aromatic rings. The second-order valence-electron chi connectivity index (χ2n) is 8.64. The molecule has 0 bridgehead atoms. The average molecular weight is 539 g/mol. The van der Waals surface area contributed by atoms with Crippen molar-refractivity contribution in [1.82, 2.24) is 40.4 Å². The summed E-state index contributed by atoms with van der Waals surface area (Å²) < 4.78 is 18.6. The highest BCUT2D eigenvalue weighted by Crippen LogP contribution is 2.21. The Kier molecular flexibility index (Phi) is 7.53. The van der Waals surface area contributed by atoms with Crippen molar-refractivity contribution in [3.63, 3.8) is 0 Å². The number of nitrogens with zero attached hydrogens (tertiary/aromatic N) is 8. The number of pyridine rings is 3. The molecule has 13 heteroatoms. The van der Waals surface area contributed by atoms with E-state index >= 15 is 0 Å². The van der Waals surface area contributed by atoms with Crippen molar-refractivity contribution in [2.24, 2.45) is 4.99 Å². The number of carbonyl (C=O) groups is 1. The van der Waals surface area contributed by atoms with E-state index in [4.69, 9.17) is 4.52 Å². The van der Waals surface area contributed by atoms with Gasteiger partial charge < -0.3 is 15.2 Å². The summed E-state index contributed by atoms with van der Waals surface area (Å²) in [5.41, 5.74) is 4.23. The van der Waals surface area contributed by atoms with Gasteiger partial charge in [0.25, 0.3) is 17.7 Å². The number of carbonyl (C=O) groups excluding carboxylic acids is 1. The minimum Gasteiger partial charge on any atom is -0.347 e. The number of aliphatic imine (C=N–C) groups is 1. The molecule has 200 valence electrons. The van der Waals surface area contributed by atoms with E-state index in [9.17, 15) is 9.18 Å². The number of aromatic nitrogens is 7. The number of hydrogen-bond acceptors (Lipinski definition) is 11. The van der Waals surface area contributed by atoms with Crippen LogP contribution in [0, 0.1) is 19.7 Å². The van der Waals surface area contributed by atoms with Gasteiger partial charge in [-0.05, 0) is 48.8 Å². The Balaban J connectivity index is 1.22. The maximum atomic E-state index is 13.6. The molecule has 2 N–H and O–H groups in total. The van der Waals surface area contributed by atoms with Crippen LogP contribution in [0.1, 0.15) is 33.3 Å². The van der Waals surface area contributed by atoms with E-state index < -0.39 is 5.82 Å². The third-order valence-electron chi connectivity index (χ3n) is 5.64. The van der Waals surface area contributed by atoms with Crippen LogP contribution < -0.4 is 10.6 Å². The van der Waals surface area contributed by atoms with Gasteiger partial charge in [-0.3, -0.25) is 24.7 Å². The van der Waals surface area contributed by atoms with Crippen molar-refractivity contribution in [3.05, 3.63) is 89.3 Å². The summed E-state index contributed by atoms with van der Waals surface area (Å²) in [4.78, 5) is 42.3. The summed E-state index contributed by atoms with van der Waals surface area (Å²) in [6.45, 7) is 3.86. The van der Waals surface area contributed by atoms with Crippen LogP contribution in [0.25, 0.3) is 22.6 Å². The fraction of sp³-hybridized carbons (Fsp3) is 0.148. The smallest absolute Gasteiger partial charge is 0.270 e. The lowest BCUT2D eigenvalue weighted by atomic mass is 10.1. The van der Waals surface area contributed by atoms with Crippen LogP contribution in [0.3, 0.4) is 0 Å². The van der Waals surface area contributed by atoms with Crippen LogP contribution in [0.5, 0.6) is 0 Å². The van der Waals surface area contributed by atoms with Gasteiger partial charge in [0.15, 0.2) is 5.82 Å². The molecular weight excluding hydrogens is 515 g/mol. The Morgan fingerprint density at radius 3 is 2.65 bits per heavy atom. The highest BCUT2D eigenvalue weighted by atomic mass is 19.1. The van der Waals surface area contributed by atoms with Crippen LogP contribution in [0.15, 0.2) is 64.5 Å². The molecule has 12 nitrogen and oxygen atoms in total. The van der Waals surface area contributed by atoms with Crippen molar-refractivity contribution in [2.75, 3.05) is 12.4 Å². The van der Waals surface area contributed by atoms with E-state index in [2.05, 4.69) is 50.7 Å². The summed E-state index contributed by atoms with van der Waals surface area (Å²) in [6.07, 6.45) is 5.77. The molecule has 5 aromatic heterocycles. The number of aryl methyl sites for hydroxylation is 2. The summed E-state index contributed by atoms with van der Waals surface area (Å²) in [5, 5.41) is 9.63. The van der Waals surface area contributed by atoms with Gasteiger partial charge in [0.2, 0.25) is 0 Å². The Bertz CT molecular complexity index is 1690. The van der Waals surface area contributed by atoms with E-state index in [1.165, 1.54) is 24.7 Å². The quantitative estimate of drug-likeness (QED) is 0.278. The minimum absolute atomic E-state index is 0.231. The van der Waals surface area contributed by atoms with E-state index in [1.54, 1.807) is 44.4 Å². The number of halogens is 1. The van der Waals surface area contributed by atoms with Gasteiger partial charge in [0.05, 0.1) is 18.1 Å². The molecule has 0 aliphatic carbocycles. The second kappa shape index (κ2) is 11.5. The van der Waals surface area contributed by atoms with Crippen molar-refractivity contribution >= 4 is 23.9 Å². The zero-order valence-electron chi connectivity index (χ0n) is 21.8. The van der Waals surface area contributed by atoms with E-state index in [-0.39, 0.29) is 30.0 Å². The molecule has 1 amide bonds. The second-order valence-corrected chi connectivity index (χ2v) is 8.64. The normalized spacial score (nSPS) is 11.1. The van der Waals surface area contributed by atoms with Crippen LogP contribution in [0.4, 0.5) is 16.2 Å². The molecule has 0 spiro atoms. The third kappa shape index (κ3) is 6.15. The largest absolute Gasteiger partial charge is 0.347 e. The van der Waals surface area contributed by atoms with Gasteiger partial charge in [-0.25, -0.2) is 14.4 Å². The van der Waals surface area contributed by atoms with Gasteiger partial charge in [-0.15, -0.1) is 0 Å². The van der Waals surface area contributed by atoms with Crippen molar-refractivity contribution in [2.45, 2.75) is 20.4 Å². The first-order chi connectivity index (χ1) is 19.4. The van der Waals surface area contributed by atoms with E-state index in [0.29, 0.717) is 39.9 Å². The first-order valence-corrected chi connectivity index (χ1v) is 12.1. The molecule has 0 aliphatic rings. The van der Waals surface area contributed by atoms with E-state index in [1.807, 2.05) is 13.0 Å². The maximum Gasteiger partial charge on any atom is 0.270 e. The predicted molar refractivity (Wildman–Crippen MR) is 144 cm³/mol. The lowest BCUT2D eigenvalue weighted by Gasteiger charge is -2.08. The molecule has 0 aromatic carbocycles.